The molecule has 1 aromatic carbocycles. The third-order valence-corrected chi connectivity index (χ3v) is 5.32. The molecular weight excluding hydrogens is 476 g/mol. The van der Waals surface area contributed by atoms with E-state index >= 15 is 4.39 Å². The summed E-state index contributed by atoms with van der Waals surface area (Å²) >= 11 is 0. The molecule has 0 aliphatic carbocycles. The first-order chi connectivity index (χ1) is 16.5. The maximum absolute atomic E-state index is 15.3. The zero-order chi connectivity index (χ0) is 25.8. The van der Waals surface area contributed by atoms with Crippen molar-refractivity contribution in [2.45, 2.75) is 32.0 Å². The first-order valence-electron chi connectivity index (χ1n) is 10.9. The van der Waals surface area contributed by atoms with Gasteiger partial charge in [-0.3, -0.25) is 14.5 Å². The predicted octanol–water partition coefficient (Wildman–Crippen LogP) is 2.08. The molecule has 1 aliphatic heterocycles. The number of carbonyl (C=O) groups is 1. The van der Waals surface area contributed by atoms with Gasteiger partial charge in [-0.1, -0.05) is 0 Å². The Morgan fingerprint density at radius 3 is 2.43 bits per heavy atom. The molecule has 1 amide bonds. The number of ether oxygens (including phenoxy) is 2. The number of alkyl halides is 3. The summed E-state index contributed by atoms with van der Waals surface area (Å²) in [6.45, 7) is 0.539. The summed E-state index contributed by atoms with van der Waals surface area (Å²) in [6, 6.07) is 5.22. The first kappa shape index (κ1) is 26.4. The second kappa shape index (κ2) is 11.0. The number of amides is 1. The molecule has 2 heterocycles. The minimum atomic E-state index is -4.68. The number of nitrogens with zero attached hydrogens (tertiary/aromatic N) is 4. The molecule has 1 unspecified atom stereocenters. The van der Waals surface area contributed by atoms with Gasteiger partial charge in [-0.2, -0.15) is 22.5 Å². The molecule has 1 aromatic heterocycles. The van der Waals surface area contributed by atoms with Gasteiger partial charge in [-0.15, -0.1) is 0 Å². The van der Waals surface area contributed by atoms with E-state index in [1.807, 2.05) is 0 Å². The largest absolute Gasteiger partial charge is 0.491 e. The maximum atomic E-state index is 15.3. The molecule has 1 atom stereocenters. The van der Waals surface area contributed by atoms with Gasteiger partial charge in [0.25, 0.3) is 0 Å². The third kappa shape index (κ3) is 6.28. The third-order valence-electron chi connectivity index (χ3n) is 5.32. The lowest BCUT2D eigenvalue weighted by atomic mass is 10.1. The zero-order valence-corrected chi connectivity index (χ0v) is 19.2. The molecule has 3 rings (SSSR count). The highest BCUT2D eigenvalue weighted by Gasteiger charge is 2.36. The van der Waals surface area contributed by atoms with Crippen LogP contribution in [-0.2, 0) is 9.53 Å². The number of aromatic nitrogens is 2. The Morgan fingerprint density at radius 1 is 1.17 bits per heavy atom. The number of rotatable bonds is 10. The van der Waals surface area contributed by atoms with Crippen molar-refractivity contribution in [2.24, 2.45) is 0 Å². The molecule has 0 bridgehead atoms. The smallest absolute Gasteiger partial charge is 0.407 e. The van der Waals surface area contributed by atoms with Crippen molar-refractivity contribution in [3.8, 4) is 17.0 Å². The van der Waals surface area contributed by atoms with E-state index in [1.165, 1.54) is 24.3 Å². The second-order valence-corrected chi connectivity index (χ2v) is 7.98. The zero-order valence-electron chi connectivity index (χ0n) is 19.2. The number of aliphatic hydroxyl groups is 1. The van der Waals surface area contributed by atoms with E-state index in [0.29, 0.717) is 21.9 Å². The highest BCUT2D eigenvalue weighted by atomic mass is 19.4. The minimum absolute atomic E-state index is 0.0809. The van der Waals surface area contributed by atoms with Gasteiger partial charge in [0.2, 0.25) is 17.7 Å². The molecule has 0 saturated carbocycles. The summed E-state index contributed by atoms with van der Waals surface area (Å²) in [4.78, 5) is 30.3. The van der Waals surface area contributed by atoms with Crippen LogP contribution < -0.4 is 20.2 Å². The average Bonchev–Trinajstić information content (AvgIpc) is 3.11. The van der Waals surface area contributed by atoms with E-state index in [0.717, 1.165) is 11.9 Å². The van der Waals surface area contributed by atoms with Gasteiger partial charge in [0.1, 0.15) is 24.6 Å². The summed E-state index contributed by atoms with van der Waals surface area (Å²) in [5.74, 6) is -1.84. The van der Waals surface area contributed by atoms with Gasteiger partial charge in [0.15, 0.2) is 0 Å². The van der Waals surface area contributed by atoms with Crippen molar-refractivity contribution < 1.29 is 36.9 Å². The summed E-state index contributed by atoms with van der Waals surface area (Å²) in [5, 5.41) is 9.22. The van der Waals surface area contributed by atoms with Crippen LogP contribution in [0.3, 0.4) is 0 Å². The van der Waals surface area contributed by atoms with E-state index in [1.54, 1.807) is 6.92 Å². The summed E-state index contributed by atoms with van der Waals surface area (Å²) < 4.78 is 65.9. The maximum Gasteiger partial charge on any atom is 0.407 e. The van der Waals surface area contributed by atoms with Crippen LogP contribution in [-0.4, -0.2) is 72.9 Å². The molecule has 13 heteroatoms. The second-order valence-electron chi connectivity index (χ2n) is 7.98. The van der Waals surface area contributed by atoms with Crippen LogP contribution in [0.1, 0.15) is 19.8 Å². The van der Waals surface area contributed by atoms with Gasteiger partial charge in [0, 0.05) is 25.1 Å². The van der Waals surface area contributed by atoms with E-state index in [4.69, 9.17) is 14.6 Å². The van der Waals surface area contributed by atoms with Crippen LogP contribution in [0, 0.1) is 5.95 Å². The van der Waals surface area contributed by atoms with Crippen molar-refractivity contribution in [1.82, 2.24) is 9.66 Å². The van der Waals surface area contributed by atoms with Crippen molar-refractivity contribution in [3.63, 3.8) is 0 Å². The molecule has 1 fully saturated rings. The SMILES string of the molecule is CC1CCC(=O)N1c1nc(F)c(-c2ccc(OCCOCCO)cc2)n(N(C)CC(F)(F)F)c1=O. The molecular formula is C22H26F4N4O5. The first-order valence-corrected chi connectivity index (χ1v) is 10.9. The standard InChI is InChI=1S/C22H26F4N4O5/c1-14-3-8-17(32)29(14)20-21(33)30(28(2)13-22(24,25)26)18(19(23)27-20)15-4-6-16(7-5-15)35-12-11-34-10-9-31/h4-7,14,31H,3,8-13H2,1-2H3. The minimum Gasteiger partial charge on any atom is -0.491 e. The van der Waals surface area contributed by atoms with Gasteiger partial charge < -0.3 is 19.6 Å². The molecule has 192 valence electrons. The van der Waals surface area contributed by atoms with Gasteiger partial charge in [-0.05, 0) is 37.6 Å². The van der Waals surface area contributed by atoms with Crippen molar-refractivity contribution in [3.05, 3.63) is 40.6 Å². The quantitative estimate of drug-likeness (QED) is 0.393. The van der Waals surface area contributed by atoms with Crippen LogP contribution in [0.25, 0.3) is 11.3 Å². The van der Waals surface area contributed by atoms with Crippen molar-refractivity contribution >= 4 is 11.7 Å². The predicted molar refractivity (Wildman–Crippen MR) is 119 cm³/mol. The highest BCUT2D eigenvalue weighted by molar-refractivity contribution is 5.95. The Kier molecular flexibility index (Phi) is 8.33. The molecule has 0 radical (unpaired) electrons. The Labute approximate surface area is 198 Å². The van der Waals surface area contributed by atoms with E-state index < -0.39 is 47.7 Å². The number of halogens is 4. The lowest BCUT2D eigenvalue weighted by Crippen LogP contribution is -2.48. The number of hydrogen-bond acceptors (Lipinski definition) is 7. The van der Waals surface area contributed by atoms with E-state index in [2.05, 4.69) is 4.98 Å². The molecule has 1 N–H and O–H groups in total. The van der Waals surface area contributed by atoms with E-state index in [-0.39, 0.29) is 38.4 Å². The fraction of sp³-hybridized carbons (Fsp3) is 0.500. The molecule has 0 spiro atoms. The molecule has 9 nitrogen and oxygen atoms in total. The molecule has 2 aromatic rings. The molecule has 35 heavy (non-hydrogen) atoms. The van der Waals surface area contributed by atoms with Crippen molar-refractivity contribution in [1.29, 1.82) is 0 Å². The molecule has 1 aliphatic rings. The van der Waals surface area contributed by atoms with Crippen LogP contribution in [0.2, 0.25) is 0 Å². The number of aliphatic hydroxyl groups excluding tert-OH is 1. The lowest BCUT2D eigenvalue weighted by Gasteiger charge is -2.28. The summed E-state index contributed by atoms with van der Waals surface area (Å²) in [7, 11) is 1.00. The van der Waals surface area contributed by atoms with Gasteiger partial charge >= 0.3 is 11.7 Å². The number of hydrogen-bond donors (Lipinski definition) is 1. The topological polar surface area (TPSA) is 97.1 Å². The Hall–Kier alpha value is -3.19. The Bertz CT molecular complexity index is 1090. The average molecular weight is 502 g/mol. The number of benzene rings is 1. The van der Waals surface area contributed by atoms with Crippen molar-refractivity contribution in [2.75, 3.05) is 49.9 Å². The fourth-order valence-corrected chi connectivity index (χ4v) is 3.78. The van der Waals surface area contributed by atoms with Crippen LogP contribution in [0.15, 0.2) is 29.1 Å². The highest BCUT2D eigenvalue weighted by Crippen LogP contribution is 2.28. The monoisotopic (exact) mass is 502 g/mol. The summed E-state index contributed by atoms with van der Waals surface area (Å²) in [5.41, 5.74) is -1.45. The van der Waals surface area contributed by atoms with Gasteiger partial charge in [0.05, 0.1) is 19.8 Å². The van der Waals surface area contributed by atoms with Crippen LogP contribution in [0.5, 0.6) is 5.75 Å². The Balaban J connectivity index is 2.01. The summed E-state index contributed by atoms with van der Waals surface area (Å²) in [6.07, 6.45) is -4.15. The number of carbonyl (C=O) groups excluding carboxylic acids is 1. The fourth-order valence-electron chi connectivity index (χ4n) is 3.78. The van der Waals surface area contributed by atoms with Crippen LogP contribution in [0.4, 0.5) is 23.4 Å². The van der Waals surface area contributed by atoms with E-state index in [9.17, 15) is 22.8 Å². The van der Waals surface area contributed by atoms with Gasteiger partial charge in [-0.25, -0.2) is 4.68 Å². The van der Waals surface area contributed by atoms with Crippen LogP contribution >= 0.6 is 0 Å². The molecule has 1 saturated heterocycles. The lowest BCUT2D eigenvalue weighted by molar-refractivity contribution is -0.122. The normalized spacial score (nSPS) is 16.1. The Morgan fingerprint density at radius 2 is 1.86 bits per heavy atom. The number of anilines is 1.